The second kappa shape index (κ2) is 5.82. The van der Waals surface area contributed by atoms with Gasteiger partial charge in [-0.1, -0.05) is 25.5 Å². The maximum Gasteiger partial charge on any atom is 0.172 e. The van der Waals surface area contributed by atoms with Gasteiger partial charge in [0, 0.05) is 6.42 Å². The number of para-hydroxylation sites is 2. The van der Waals surface area contributed by atoms with E-state index in [0.29, 0.717) is 6.42 Å². The van der Waals surface area contributed by atoms with Crippen molar-refractivity contribution in [1.29, 1.82) is 0 Å². The Bertz CT molecular complexity index is 785. The molecule has 0 atom stereocenters. The zero-order valence-electron chi connectivity index (χ0n) is 12.3. The first-order chi connectivity index (χ1) is 10.2. The quantitative estimate of drug-likeness (QED) is 0.636. The third-order valence-corrected chi connectivity index (χ3v) is 4.68. The highest BCUT2D eigenvalue weighted by molar-refractivity contribution is 7.16. The van der Waals surface area contributed by atoms with Crippen LogP contribution < -0.4 is 0 Å². The molecular weight excluding hydrogens is 280 g/mol. The highest BCUT2D eigenvalue weighted by Crippen LogP contribution is 2.27. The Kier molecular flexibility index (Phi) is 3.88. The Labute approximate surface area is 128 Å². The third-order valence-electron chi connectivity index (χ3n) is 3.57. The van der Waals surface area contributed by atoms with E-state index in [1.165, 1.54) is 0 Å². The first-order valence-electron chi connectivity index (χ1n) is 7.28. The molecule has 0 fully saturated rings. The monoisotopic (exact) mass is 298 g/mol. The van der Waals surface area contributed by atoms with Gasteiger partial charge in [0.2, 0.25) is 0 Å². The predicted octanol–water partition coefficient (Wildman–Crippen LogP) is 4.77. The lowest BCUT2D eigenvalue weighted by atomic mass is 10.1. The predicted molar refractivity (Wildman–Crippen MR) is 87.5 cm³/mol. The zero-order chi connectivity index (χ0) is 14.8. The summed E-state index contributed by atoms with van der Waals surface area (Å²) in [5.41, 5.74) is 2.08. The molecule has 1 aromatic carbocycles. The van der Waals surface area contributed by atoms with Crippen molar-refractivity contribution in [3.63, 3.8) is 0 Å². The van der Waals surface area contributed by atoms with Crippen molar-refractivity contribution in [3.8, 4) is 5.00 Å². The lowest BCUT2D eigenvalue weighted by molar-refractivity contribution is 0.0983. The minimum atomic E-state index is 0.246. The molecule has 108 valence electrons. The number of ketones is 1. The second-order valence-corrected chi connectivity index (χ2v) is 6.21. The maximum atomic E-state index is 12.1. The number of fused-ring (bicyclic) bond motifs is 1. The van der Waals surface area contributed by atoms with Gasteiger partial charge in [0.25, 0.3) is 0 Å². The molecule has 0 radical (unpaired) electrons. The summed E-state index contributed by atoms with van der Waals surface area (Å²) in [7, 11) is 0. The number of carbonyl (C=O) groups excluding carboxylic acids is 1. The number of aromatic nitrogens is 2. The lowest BCUT2D eigenvalue weighted by Crippen LogP contribution is -1.95. The van der Waals surface area contributed by atoms with E-state index in [1.54, 1.807) is 11.3 Å². The van der Waals surface area contributed by atoms with Crippen LogP contribution in [-0.2, 0) is 0 Å². The van der Waals surface area contributed by atoms with E-state index in [1.807, 2.05) is 37.3 Å². The van der Waals surface area contributed by atoms with Crippen molar-refractivity contribution in [2.45, 2.75) is 33.1 Å². The Morgan fingerprint density at radius 2 is 2.05 bits per heavy atom. The van der Waals surface area contributed by atoms with Crippen LogP contribution in [0.1, 0.15) is 41.7 Å². The van der Waals surface area contributed by atoms with Gasteiger partial charge in [0.1, 0.15) is 10.8 Å². The van der Waals surface area contributed by atoms with E-state index >= 15 is 0 Å². The molecule has 0 spiro atoms. The molecule has 0 saturated heterocycles. The molecule has 2 aromatic heterocycles. The van der Waals surface area contributed by atoms with Crippen LogP contribution in [0.25, 0.3) is 16.0 Å². The van der Waals surface area contributed by atoms with Gasteiger partial charge in [-0.2, -0.15) is 0 Å². The van der Waals surface area contributed by atoms with Gasteiger partial charge < -0.3 is 0 Å². The summed E-state index contributed by atoms with van der Waals surface area (Å²) >= 11 is 1.55. The van der Waals surface area contributed by atoms with E-state index in [4.69, 9.17) is 0 Å². The molecule has 2 heterocycles. The van der Waals surface area contributed by atoms with Crippen LogP contribution in [0.4, 0.5) is 0 Å². The molecule has 0 aliphatic heterocycles. The minimum Gasteiger partial charge on any atom is -0.293 e. The van der Waals surface area contributed by atoms with Gasteiger partial charge in [-0.05, 0) is 37.6 Å². The smallest absolute Gasteiger partial charge is 0.172 e. The summed E-state index contributed by atoms with van der Waals surface area (Å²) < 4.78 is 2.12. The fraction of sp³-hybridized carbons (Fsp3) is 0.294. The molecule has 0 amide bonds. The normalized spacial score (nSPS) is 11.1. The van der Waals surface area contributed by atoms with Crippen LogP contribution >= 0.6 is 11.3 Å². The summed E-state index contributed by atoms with van der Waals surface area (Å²) in [6, 6.07) is 12.0. The summed E-state index contributed by atoms with van der Waals surface area (Å²) in [6.45, 7) is 4.10. The number of hydrogen-bond donors (Lipinski definition) is 0. The summed E-state index contributed by atoms with van der Waals surface area (Å²) in [5, 5.41) is 1.06. The average Bonchev–Trinajstić information content (AvgIpc) is 3.07. The number of hydrogen-bond acceptors (Lipinski definition) is 3. The van der Waals surface area contributed by atoms with Crippen molar-refractivity contribution >= 4 is 28.2 Å². The van der Waals surface area contributed by atoms with Crippen molar-refractivity contribution in [2.75, 3.05) is 0 Å². The second-order valence-electron chi connectivity index (χ2n) is 5.15. The van der Waals surface area contributed by atoms with Crippen molar-refractivity contribution in [3.05, 3.63) is 47.1 Å². The number of thiophene rings is 1. The zero-order valence-corrected chi connectivity index (χ0v) is 13.1. The molecule has 0 unspecified atom stereocenters. The Morgan fingerprint density at radius 3 is 2.86 bits per heavy atom. The van der Waals surface area contributed by atoms with E-state index < -0.39 is 0 Å². The standard InChI is InChI=1S/C17H18N2OS/c1-3-4-9-15(20)16-10-11-17(21-16)19-12(2)18-13-7-5-6-8-14(13)19/h5-8,10-11H,3-4,9H2,1-2H3. The molecule has 0 saturated carbocycles. The topological polar surface area (TPSA) is 34.9 Å². The largest absolute Gasteiger partial charge is 0.293 e. The van der Waals surface area contributed by atoms with E-state index in [2.05, 4.69) is 22.5 Å². The van der Waals surface area contributed by atoms with Crippen LogP contribution in [0.2, 0.25) is 0 Å². The molecule has 4 heteroatoms. The fourth-order valence-electron chi connectivity index (χ4n) is 2.48. The number of Topliss-reactive ketones (excluding diaryl/α,β-unsaturated/α-hetero) is 1. The van der Waals surface area contributed by atoms with Gasteiger partial charge in [-0.3, -0.25) is 9.36 Å². The van der Waals surface area contributed by atoms with Gasteiger partial charge in [-0.15, -0.1) is 11.3 Å². The number of rotatable bonds is 5. The molecular formula is C17H18N2OS. The highest BCUT2D eigenvalue weighted by Gasteiger charge is 2.13. The van der Waals surface area contributed by atoms with Crippen LogP contribution in [0.5, 0.6) is 0 Å². The van der Waals surface area contributed by atoms with Crippen LogP contribution in [0.3, 0.4) is 0 Å². The number of nitrogens with zero attached hydrogens (tertiary/aromatic N) is 2. The Balaban J connectivity index is 1.98. The van der Waals surface area contributed by atoms with Crippen LogP contribution in [-0.4, -0.2) is 15.3 Å². The van der Waals surface area contributed by atoms with Gasteiger partial charge in [0.05, 0.1) is 15.9 Å². The first-order valence-corrected chi connectivity index (χ1v) is 8.10. The summed E-state index contributed by atoms with van der Waals surface area (Å²) in [4.78, 5) is 17.5. The minimum absolute atomic E-state index is 0.246. The van der Waals surface area contributed by atoms with E-state index in [-0.39, 0.29) is 5.78 Å². The number of unbranched alkanes of at least 4 members (excludes halogenated alkanes) is 1. The molecule has 3 aromatic rings. The molecule has 3 rings (SSSR count). The molecule has 0 aliphatic rings. The SMILES string of the molecule is CCCCC(=O)c1ccc(-n2c(C)nc3ccccc32)s1. The first kappa shape index (κ1) is 14.0. The maximum absolute atomic E-state index is 12.1. The van der Waals surface area contributed by atoms with Crippen molar-refractivity contribution in [2.24, 2.45) is 0 Å². The Hall–Kier alpha value is -1.94. The lowest BCUT2D eigenvalue weighted by Gasteiger charge is -2.02. The van der Waals surface area contributed by atoms with Gasteiger partial charge >= 0.3 is 0 Å². The molecule has 0 N–H and O–H groups in total. The van der Waals surface area contributed by atoms with Gasteiger partial charge in [-0.25, -0.2) is 4.98 Å². The molecule has 21 heavy (non-hydrogen) atoms. The number of aryl methyl sites for hydroxylation is 1. The third kappa shape index (κ3) is 2.63. The van der Waals surface area contributed by atoms with E-state index in [0.717, 1.165) is 39.6 Å². The Morgan fingerprint density at radius 1 is 1.24 bits per heavy atom. The van der Waals surface area contributed by atoms with Crippen molar-refractivity contribution < 1.29 is 4.79 Å². The van der Waals surface area contributed by atoms with Crippen LogP contribution in [0, 0.1) is 6.92 Å². The molecule has 0 bridgehead atoms. The summed E-state index contributed by atoms with van der Waals surface area (Å²) in [5.74, 6) is 1.20. The van der Waals surface area contributed by atoms with Crippen molar-refractivity contribution in [1.82, 2.24) is 9.55 Å². The van der Waals surface area contributed by atoms with Gasteiger partial charge in [0.15, 0.2) is 5.78 Å². The number of benzene rings is 1. The number of carbonyl (C=O) groups is 1. The molecule has 3 nitrogen and oxygen atoms in total. The fourth-order valence-corrected chi connectivity index (χ4v) is 3.52. The average molecular weight is 298 g/mol. The summed E-state index contributed by atoms with van der Waals surface area (Å²) in [6.07, 6.45) is 2.65. The number of imidazole rings is 1. The van der Waals surface area contributed by atoms with E-state index in [9.17, 15) is 4.79 Å². The van der Waals surface area contributed by atoms with Crippen LogP contribution in [0.15, 0.2) is 36.4 Å². The highest BCUT2D eigenvalue weighted by atomic mass is 32.1. The molecule has 0 aliphatic carbocycles.